The molecular weight excluding hydrogens is 224 g/mol. The Morgan fingerprint density at radius 1 is 1.28 bits per heavy atom. The third-order valence-electron chi connectivity index (χ3n) is 4.12. The lowest BCUT2D eigenvalue weighted by molar-refractivity contribution is 0.100. The minimum Gasteiger partial charge on any atom is -0.382 e. The maximum Gasteiger partial charge on any atom is 0.248 e. The standard InChI is InChI=1S/C15H22N2O/c1-10-6-7-14(8-11(10)2)17-13-5-3-4-12(9-13)15(16)18/h3-5,9-11,14,17H,6-8H2,1-2H3,(H2,16,18). The Morgan fingerprint density at radius 2 is 2.06 bits per heavy atom. The van der Waals surface area contributed by atoms with Crippen LogP contribution in [-0.4, -0.2) is 11.9 Å². The zero-order valence-electron chi connectivity index (χ0n) is 11.1. The minimum atomic E-state index is -0.371. The second-order valence-electron chi connectivity index (χ2n) is 5.55. The molecule has 0 spiro atoms. The van der Waals surface area contributed by atoms with Crippen LogP contribution in [-0.2, 0) is 0 Å². The number of rotatable bonds is 3. The number of nitrogens with one attached hydrogen (secondary N) is 1. The van der Waals surface area contributed by atoms with Gasteiger partial charge in [0.15, 0.2) is 0 Å². The molecule has 3 unspecified atom stereocenters. The van der Waals surface area contributed by atoms with E-state index >= 15 is 0 Å². The smallest absolute Gasteiger partial charge is 0.248 e. The van der Waals surface area contributed by atoms with E-state index in [1.807, 2.05) is 18.2 Å². The first-order chi connectivity index (χ1) is 8.56. The summed E-state index contributed by atoms with van der Waals surface area (Å²) in [5, 5.41) is 3.52. The lowest BCUT2D eigenvalue weighted by atomic mass is 9.79. The minimum absolute atomic E-state index is 0.371. The number of anilines is 1. The Hall–Kier alpha value is -1.51. The highest BCUT2D eigenvalue weighted by Crippen LogP contribution is 2.31. The van der Waals surface area contributed by atoms with Gasteiger partial charge in [-0.3, -0.25) is 4.79 Å². The van der Waals surface area contributed by atoms with E-state index in [0.717, 1.165) is 17.5 Å². The molecule has 0 aromatic heterocycles. The van der Waals surface area contributed by atoms with Crippen LogP contribution in [0.1, 0.15) is 43.5 Å². The van der Waals surface area contributed by atoms with Crippen LogP contribution < -0.4 is 11.1 Å². The van der Waals surface area contributed by atoms with E-state index in [2.05, 4.69) is 19.2 Å². The van der Waals surface area contributed by atoms with Gasteiger partial charge in [0.05, 0.1) is 0 Å². The number of nitrogens with two attached hydrogens (primary N) is 1. The topological polar surface area (TPSA) is 55.1 Å². The van der Waals surface area contributed by atoms with Gasteiger partial charge in [0.25, 0.3) is 0 Å². The first-order valence-corrected chi connectivity index (χ1v) is 6.72. The Balaban J connectivity index is 2.01. The largest absolute Gasteiger partial charge is 0.382 e. The summed E-state index contributed by atoms with van der Waals surface area (Å²) in [5.41, 5.74) is 6.85. The van der Waals surface area contributed by atoms with Crippen molar-refractivity contribution in [2.45, 2.75) is 39.2 Å². The van der Waals surface area contributed by atoms with Crippen molar-refractivity contribution in [1.29, 1.82) is 0 Å². The molecule has 0 heterocycles. The summed E-state index contributed by atoms with van der Waals surface area (Å²) in [5.74, 6) is 1.21. The van der Waals surface area contributed by atoms with E-state index in [1.54, 1.807) is 6.07 Å². The fourth-order valence-corrected chi connectivity index (χ4v) is 2.68. The van der Waals surface area contributed by atoms with E-state index in [1.165, 1.54) is 19.3 Å². The Bertz CT molecular complexity index is 430. The van der Waals surface area contributed by atoms with Gasteiger partial charge in [0, 0.05) is 17.3 Å². The van der Waals surface area contributed by atoms with Crippen LogP contribution in [0.2, 0.25) is 0 Å². The molecule has 3 nitrogen and oxygen atoms in total. The van der Waals surface area contributed by atoms with E-state index in [-0.39, 0.29) is 5.91 Å². The van der Waals surface area contributed by atoms with Crippen LogP contribution >= 0.6 is 0 Å². The Kier molecular flexibility index (Phi) is 3.90. The third-order valence-corrected chi connectivity index (χ3v) is 4.12. The van der Waals surface area contributed by atoms with Gasteiger partial charge in [0.1, 0.15) is 0 Å². The van der Waals surface area contributed by atoms with Crippen LogP contribution in [0, 0.1) is 11.8 Å². The second-order valence-corrected chi connectivity index (χ2v) is 5.55. The predicted octanol–water partition coefficient (Wildman–Crippen LogP) is 3.02. The van der Waals surface area contributed by atoms with Crippen molar-refractivity contribution in [3.05, 3.63) is 29.8 Å². The molecule has 1 fully saturated rings. The SMILES string of the molecule is CC1CCC(Nc2cccc(C(N)=O)c2)CC1C. The van der Waals surface area contributed by atoms with Crippen molar-refractivity contribution in [1.82, 2.24) is 0 Å². The van der Waals surface area contributed by atoms with Gasteiger partial charge < -0.3 is 11.1 Å². The number of benzene rings is 1. The molecule has 1 saturated carbocycles. The molecule has 1 aromatic rings. The van der Waals surface area contributed by atoms with Crippen LogP contribution in [0.4, 0.5) is 5.69 Å². The van der Waals surface area contributed by atoms with Crippen molar-refractivity contribution in [2.24, 2.45) is 17.6 Å². The second kappa shape index (κ2) is 5.42. The summed E-state index contributed by atoms with van der Waals surface area (Å²) in [6.45, 7) is 4.65. The van der Waals surface area contributed by atoms with Crippen LogP contribution in [0.25, 0.3) is 0 Å². The number of hydrogen-bond acceptors (Lipinski definition) is 2. The molecule has 3 heteroatoms. The monoisotopic (exact) mass is 246 g/mol. The van der Waals surface area contributed by atoms with Crippen LogP contribution in [0.15, 0.2) is 24.3 Å². The van der Waals surface area contributed by atoms with Crippen molar-refractivity contribution in [2.75, 3.05) is 5.32 Å². The van der Waals surface area contributed by atoms with E-state index in [4.69, 9.17) is 5.73 Å². The Labute approximate surface area is 109 Å². The molecule has 2 rings (SSSR count). The number of carbonyl (C=O) groups is 1. The lowest BCUT2D eigenvalue weighted by Crippen LogP contribution is -2.30. The number of primary amides is 1. The van der Waals surface area contributed by atoms with Crippen molar-refractivity contribution in [3.8, 4) is 0 Å². The molecule has 98 valence electrons. The maximum absolute atomic E-state index is 11.1. The van der Waals surface area contributed by atoms with Gasteiger partial charge in [-0.25, -0.2) is 0 Å². The molecule has 0 saturated heterocycles. The molecular formula is C15H22N2O. The van der Waals surface area contributed by atoms with Gasteiger partial charge >= 0.3 is 0 Å². The highest BCUT2D eigenvalue weighted by molar-refractivity contribution is 5.93. The van der Waals surface area contributed by atoms with Gasteiger partial charge in [-0.2, -0.15) is 0 Å². The van der Waals surface area contributed by atoms with Crippen molar-refractivity contribution in [3.63, 3.8) is 0 Å². The summed E-state index contributed by atoms with van der Waals surface area (Å²) in [4.78, 5) is 11.1. The number of hydrogen-bond donors (Lipinski definition) is 2. The van der Waals surface area contributed by atoms with Crippen molar-refractivity contribution >= 4 is 11.6 Å². The number of amides is 1. The van der Waals surface area contributed by atoms with Gasteiger partial charge in [-0.1, -0.05) is 19.9 Å². The summed E-state index contributed by atoms with van der Waals surface area (Å²) < 4.78 is 0. The first kappa shape index (κ1) is 12.9. The fourth-order valence-electron chi connectivity index (χ4n) is 2.68. The van der Waals surface area contributed by atoms with Gasteiger partial charge in [-0.05, 0) is 49.3 Å². The van der Waals surface area contributed by atoms with E-state index in [0.29, 0.717) is 11.6 Å². The maximum atomic E-state index is 11.1. The first-order valence-electron chi connectivity index (χ1n) is 6.72. The zero-order valence-corrected chi connectivity index (χ0v) is 11.1. The quantitative estimate of drug-likeness (QED) is 0.861. The molecule has 1 aliphatic carbocycles. The molecule has 0 aliphatic heterocycles. The highest BCUT2D eigenvalue weighted by Gasteiger charge is 2.24. The molecule has 3 N–H and O–H groups in total. The van der Waals surface area contributed by atoms with Crippen LogP contribution in [0.5, 0.6) is 0 Å². The molecule has 1 amide bonds. The summed E-state index contributed by atoms with van der Waals surface area (Å²) in [6, 6.07) is 7.97. The van der Waals surface area contributed by atoms with Crippen molar-refractivity contribution < 1.29 is 4.79 Å². The summed E-state index contributed by atoms with van der Waals surface area (Å²) >= 11 is 0. The summed E-state index contributed by atoms with van der Waals surface area (Å²) in [7, 11) is 0. The zero-order chi connectivity index (χ0) is 13.1. The lowest BCUT2D eigenvalue weighted by Gasteiger charge is -2.33. The predicted molar refractivity (Wildman–Crippen MR) is 74.5 cm³/mol. The van der Waals surface area contributed by atoms with Gasteiger partial charge in [0.2, 0.25) is 5.91 Å². The molecule has 1 aromatic carbocycles. The normalized spacial score (nSPS) is 27.8. The highest BCUT2D eigenvalue weighted by atomic mass is 16.1. The average Bonchev–Trinajstić information content (AvgIpc) is 2.34. The molecule has 0 bridgehead atoms. The third kappa shape index (κ3) is 3.03. The van der Waals surface area contributed by atoms with Gasteiger partial charge in [-0.15, -0.1) is 0 Å². The fraction of sp³-hybridized carbons (Fsp3) is 0.533. The van der Waals surface area contributed by atoms with Crippen LogP contribution in [0.3, 0.4) is 0 Å². The Morgan fingerprint density at radius 3 is 2.72 bits per heavy atom. The van der Waals surface area contributed by atoms with E-state index in [9.17, 15) is 4.79 Å². The molecule has 3 atom stereocenters. The van der Waals surface area contributed by atoms with E-state index < -0.39 is 0 Å². The summed E-state index contributed by atoms with van der Waals surface area (Å²) in [6.07, 6.45) is 3.67. The molecule has 18 heavy (non-hydrogen) atoms. The molecule has 1 aliphatic rings. The molecule has 0 radical (unpaired) electrons. The number of carbonyl (C=O) groups excluding carboxylic acids is 1. The average molecular weight is 246 g/mol.